The number of fused-ring (bicyclic) bond motifs is 2. The lowest BCUT2D eigenvalue weighted by Crippen LogP contribution is -2.41. The van der Waals surface area contributed by atoms with Crippen molar-refractivity contribution >= 4 is 17.6 Å². The van der Waals surface area contributed by atoms with Crippen molar-refractivity contribution in [2.45, 2.75) is 13.0 Å². The Morgan fingerprint density at radius 2 is 1.72 bits per heavy atom. The second kappa shape index (κ2) is 7.65. The normalized spacial score (nSPS) is 12.5. The predicted octanol–water partition coefficient (Wildman–Crippen LogP) is 2.15. The molecule has 0 fully saturated rings. The Morgan fingerprint density at radius 3 is 2.47 bits per heavy atom. The van der Waals surface area contributed by atoms with Gasteiger partial charge in [-0.05, 0) is 6.42 Å². The summed E-state index contributed by atoms with van der Waals surface area (Å²) in [6, 6.07) is 15.6. The smallest absolute Gasteiger partial charge is 0.298 e. The lowest BCUT2D eigenvalue weighted by molar-refractivity contribution is -0.749. The Morgan fingerprint density at radius 1 is 1.03 bits per heavy atom. The predicted molar refractivity (Wildman–Crippen MR) is 111 cm³/mol. The van der Waals surface area contributed by atoms with Gasteiger partial charge in [0.25, 0.3) is 11.9 Å². The van der Waals surface area contributed by atoms with Gasteiger partial charge in [0, 0.05) is 33.3 Å². The zero-order valence-corrected chi connectivity index (χ0v) is 16.7. The molecule has 0 atom stereocenters. The zero-order valence-electron chi connectivity index (χ0n) is 16.7. The molecule has 0 radical (unpaired) electrons. The average Bonchev–Trinajstić information content (AvgIpc) is 3.35. The van der Waals surface area contributed by atoms with Crippen molar-refractivity contribution in [3.8, 4) is 17.2 Å². The van der Waals surface area contributed by atoms with E-state index >= 15 is 0 Å². The first-order chi connectivity index (χ1) is 15.5. The number of carbonyl (C=O) groups is 2. The van der Waals surface area contributed by atoms with Gasteiger partial charge in [-0.25, -0.2) is 0 Å². The maximum absolute atomic E-state index is 12.9. The highest BCUT2D eigenvalue weighted by Gasteiger charge is 2.38. The van der Waals surface area contributed by atoms with E-state index < -0.39 is 11.6 Å². The number of carbonyl (C=O) groups excluding carboxylic acids is 2. The first-order valence-electron chi connectivity index (χ1n) is 9.92. The van der Waals surface area contributed by atoms with Crippen LogP contribution < -0.4 is 10.3 Å². The molecule has 0 unspecified atom stereocenters. The third kappa shape index (κ3) is 3.18. The minimum atomic E-state index is -0.444. The van der Waals surface area contributed by atoms with Crippen molar-refractivity contribution in [1.82, 2.24) is 14.8 Å². The van der Waals surface area contributed by atoms with Crippen LogP contribution in [0.25, 0.3) is 11.3 Å². The van der Waals surface area contributed by atoms with Crippen LogP contribution in [0.2, 0.25) is 0 Å². The molecular formula is C22H17N5O5. The molecule has 0 saturated carbocycles. The number of hydrogen-bond acceptors (Lipinski definition) is 8. The van der Waals surface area contributed by atoms with Crippen LogP contribution in [0.5, 0.6) is 5.88 Å². The maximum atomic E-state index is 12.9. The largest absolute Gasteiger partial charge is 0.571 e. The number of oxazole rings is 1. The summed E-state index contributed by atoms with van der Waals surface area (Å²) in [5.41, 5.74) is 1.04. The fourth-order valence-electron chi connectivity index (χ4n) is 3.69. The van der Waals surface area contributed by atoms with E-state index in [0.29, 0.717) is 18.5 Å². The average molecular weight is 431 g/mol. The SMILES string of the molecule is O=C1c2ccccc2C(=O)c2c1n[n+]([O-])n2CCCNc1nc(O)c(-c2ccccc2)o1. The minimum Gasteiger partial charge on any atom is -0.571 e. The van der Waals surface area contributed by atoms with Gasteiger partial charge in [-0.2, -0.15) is 4.98 Å². The lowest BCUT2D eigenvalue weighted by Gasteiger charge is -2.12. The van der Waals surface area contributed by atoms with Gasteiger partial charge in [-0.3, -0.25) is 9.59 Å². The molecule has 0 bridgehead atoms. The molecule has 0 aliphatic heterocycles. The van der Waals surface area contributed by atoms with Crippen LogP contribution in [0.1, 0.15) is 38.5 Å². The molecule has 1 aliphatic rings. The van der Waals surface area contributed by atoms with Crippen LogP contribution in [-0.2, 0) is 6.54 Å². The molecule has 32 heavy (non-hydrogen) atoms. The Kier molecular flexibility index (Phi) is 4.66. The Balaban J connectivity index is 1.29. The number of rotatable bonds is 6. The summed E-state index contributed by atoms with van der Waals surface area (Å²) in [6.07, 6.45) is 0.401. The summed E-state index contributed by atoms with van der Waals surface area (Å²) in [5.74, 6) is -0.838. The molecular weight excluding hydrogens is 414 g/mol. The van der Waals surface area contributed by atoms with Crippen LogP contribution in [-0.4, -0.2) is 38.0 Å². The molecule has 1 aliphatic carbocycles. The van der Waals surface area contributed by atoms with Crippen molar-refractivity contribution in [3.63, 3.8) is 0 Å². The zero-order chi connectivity index (χ0) is 22.2. The second-order valence-electron chi connectivity index (χ2n) is 7.20. The molecule has 0 amide bonds. The highest BCUT2D eigenvalue weighted by atomic mass is 16.5. The monoisotopic (exact) mass is 431 g/mol. The third-order valence-corrected chi connectivity index (χ3v) is 5.19. The first kappa shape index (κ1) is 19.5. The number of hydrogen-bond donors (Lipinski definition) is 2. The van der Waals surface area contributed by atoms with Crippen LogP contribution in [0.3, 0.4) is 0 Å². The third-order valence-electron chi connectivity index (χ3n) is 5.19. The van der Waals surface area contributed by atoms with Gasteiger partial charge in [0.15, 0.2) is 11.5 Å². The van der Waals surface area contributed by atoms with Gasteiger partial charge in [0.1, 0.15) is 0 Å². The van der Waals surface area contributed by atoms with Gasteiger partial charge in [-0.1, -0.05) is 54.6 Å². The Bertz CT molecular complexity index is 1340. The van der Waals surface area contributed by atoms with Gasteiger partial charge in [-0.15, -0.1) is 4.68 Å². The molecule has 0 spiro atoms. The molecule has 2 heterocycles. The van der Waals surface area contributed by atoms with E-state index in [9.17, 15) is 19.9 Å². The summed E-state index contributed by atoms with van der Waals surface area (Å²) < 4.78 is 6.71. The quantitative estimate of drug-likeness (QED) is 0.237. The summed E-state index contributed by atoms with van der Waals surface area (Å²) in [4.78, 5) is 29.8. The fraction of sp³-hybridized carbons (Fsp3) is 0.136. The van der Waals surface area contributed by atoms with E-state index in [4.69, 9.17) is 4.42 Å². The minimum absolute atomic E-state index is 0.0103. The maximum Gasteiger partial charge on any atom is 0.298 e. The van der Waals surface area contributed by atoms with Gasteiger partial charge < -0.3 is 20.0 Å². The van der Waals surface area contributed by atoms with Gasteiger partial charge in [0.05, 0.1) is 6.54 Å². The molecule has 2 aromatic carbocycles. The van der Waals surface area contributed by atoms with Crippen LogP contribution >= 0.6 is 0 Å². The number of nitrogens with zero attached hydrogens (tertiary/aromatic N) is 4. The molecule has 160 valence electrons. The number of ketones is 2. The van der Waals surface area contributed by atoms with Crippen LogP contribution in [0, 0.1) is 5.21 Å². The topological polar surface area (TPSA) is 137 Å². The van der Waals surface area contributed by atoms with Crippen molar-refractivity contribution in [1.29, 1.82) is 0 Å². The van der Waals surface area contributed by atoms with E-state index in [1.165, 1.54) is 0 Å². The summed E-state index contributed by atoms with van der Waals surface area (Å²) in [7, 11) is 0. The number of aromatic nitrogens is 4. The Labute approximate surface area is 181 Å². The standard InChI is InChI=1S/C22H17N5O5/c28-18-14-9-4-5-10-15(14)19(29)17-16(18)25-27(31)26(17)12-6-11-23-22-24-21(30)20(32-22)13-7-2-1-3-8-13/h1-5,7-10,30H,6,11-12H2,(H,23,24). The van der Waals surface area contributed by atoms with E-state index in [1.807, 2.05) is 18.2 Å². The summed E-state index contributed by atoms with van der Waals surface area (Å²) in [5, 5.41) is 29.0. The van der Waals surface area contributed by atoms with Gasteiger partial charge in [0.2, 0.25) is 17.3 Å². The summed E-state index contributed by atoms with van der Waals surface area (Å²) in [6.45, 7) is 0.470. The Hall–Kier alpha value is -4.47. The molecule has 5 rings (SSSR count). The van der Waals surface area contributed by atoms with E-state index in [2.05, 4.69) is 15.4 Å². The molecule has 10 heteroatoms. The van der Waals surface area contributed by atoms with E-state index in [-0.39, 0.29) is 51.7 Å². The number of aromatic hydroxyl groups is 1. The molecule has 0 saturated heterocycles. The van der Waals surface area contributed by atoms with Crippen molar-refractivity contribution in [2.75, 3.05) is 11.9 Å². The molecule has 10 nitrogen and oxygen atoms in total. The highest BCUT2D eigenvalue weighted by Crippen LogP contribution is 2.31. The van der Waals surface area contributed by atoms with Crippen LogP contribution in [0.15, 0.2) is 59.0 Å². The van der Waals surface area contributed by atoms with Gasteiger partial charge >= 0.3 is 0 Å². The summed E-state index contributed by atoms with van der Waals surface area (Å²) >= 11 is 0. The van der Waals surface area contributed by atoms with Crippen molar-refractivity contribution in [3.05, 3.63) is 82.3 Å². The molecule has 4 aromatic rings. The van der Waals surface area contributed by atoms with E-state index in [0.717, 1.165) is 4.68 Å². The molecule has 2 N–H and O–H groups in total. The van der Waals surface area contributed by atoms with E-state index in [1.54, 1.807) is 36.4 Å². The number of benzene rings is 2. The number of anilines is 1. The lowest BCUT2D eigenvalue weighted by atomic mass is 9.90. The highest BCUT2D eigenvalue weighted by molar-refractivity contribution is 6.26. The fourth-order valence-corrected chi connectivity index (χ4v) is 3.69. The first-order valence-corrected chi connectivity index (χ1v) is 9.92. The van der Waals surface area contributed by atoms with Crippen LogP contribution in [0.4, 0.5) is 6.01 Å². The van der Waals surface area contributed by atoms with Crippen molar-refractivity contribution in [2.24, 2.45) is 0 Å². The molecule has 2 aromatic heterocycles. The number of nitrogens with one attached hydrogen (secondary N) is 1. The van der Waals surface area contributed by atoms with Crippen molar-refractivity contribution < 1.29 is 24.1 Å². The second-order valence-corrected chi connectivity index (χ2v) is 7.20.